The SMILES string of the molecule is Cc1cc(C(O)C(=O)O)cc(C(C)(C)C)c1O. The Balaban J connectivity index is 3.39. The second-order valence-corrected chi connectivity index (χ2v) is 5.22. The van der Waals surface area contributed by atoms with Crippen molar-refractivity contribution in [1.82, 2.24) is 0 Å². The number of aromatic hydroxyl groups is 1. The number of aliphatic hydroxyl groups is 1. The number of carboxylic acid groups (broad SMARTS) is 1. The van der Waals surface area contributed by atoms with Crippen molar-refractivity contribution in [3.63, 3.8) is 0 Å². The Labute approximate surface area is 101 Å². The Morgan fingerprint density at radius 3 is 2.24 bits per heavy atom. The molecule has 0 radical (unpaired) electrons. The van der Waals surface area contributed by atoms with Crippen molar-refractivity contribution in [1.29, 1.82) is 0 Å². The van der Waals surface area contributed by atoms with Crippen LogP contribution in [0.15, 0.2) is 12.1 Å². The van der Waals surface area contributed by atoms with Gasteiger partial charge in [-0.15, -0.1) is 0 Å². The van der Waals surface area contributed by atoms with Crippen LogP contribution in [0.2, 0.25) is 0 Å². The Kier molecular flexibility index (Phi) is 3.48. The molecule has 0 heterocycles. The van der Waals surface area contributed by atoms with Gasteiger partial charge in [0.1, 0.15) is 5.75 Å². The maximum absolute atomic E-state index is 10.7. The first-order valence-electron chi connectivity index (χ1n) is 5.39. The zero-order valence-corrected chi connectivity index (χ0v) is 10.5. The maximum atomic E-state index is 10.7. The first-order valence-corrected chi connectivity index (χ1v) is 5.39. The van der Waals surface area contributed by atoms with Gasteiger partial charge in [0.15, 0.2) is 6.10 Å². The summed E-state index contributed by atoms with van der Waals surface area (Å²) in [6.07, 6.45) is -1.56. The van der Waals surface area contributed by atoms with E-state index in [2.05, 4.69) is 0 Å². The van der Waals surface area contributed by atoms with E-state index in [1.165, 1.54) is 6.07 Å². The topological polar surface area (TPSA) is 77.8 Å². The van der Waals surface area contributed by atoms with E-state index >= 15 is 0 Å². The Bertz CT molecular complexity index is 443. The second kappa shape index (κ2) is 4.37. The van der Waals surface area contributed by atoms with Gasteiger partial charge in [-0.3, -0.25) is 0 Å². The van der Waals surface area contributed by atoms with E-state index < -0.39 is 12.1 Å². The summed E-state index contributed by atoms with van der Waals surface area (Å²) < 4.78 is 0. The number of aliphatic carboxylic acids is 1. The minimum Gasteiger partial charge on any atom is -0.507 e. The summed E-state index contributed by atoms with van der Waals surface area (Å²) in [6.45, 7) is 7.43. The molecule has 4 nitrogen and oxygen atoms in total. The van der Waals surface area contributed by atoms with E-state index in [-0.39, 0.29) is 16.7 Å². The van der Waals surface area contributed by atoms with E-state index in [9.17, 15) is 15.0 Å². The minimum atomic E-state index is -1.56. The van der Waals surface area contributed by atoms with E-state index in [1.54, 1.807) is 13.0 Å². The molecular formula is C13H18O4. The van der Waals surface area contributed by atoms with Crippen molar-refractivity contribution in [2.24, 2.45) is 0 Å². The summed E-state index contributed by atoms with van der Waals surface area (Å²) in [7, 11) is 0. The largest absolute Gasteiger partial charge is 0.507 e. The van der Waals surface area contributed by atoms with Crippen molar-refractivity contribution in [3.8, 4) is 5.75 Å². The van der Waals surface area contributed by atoms with Crippen LogP contribution in [-0.4, -0.2) is 21.3 Å². The number of carbonyl (C=O) groups is 1. The molecule has 0 fully saturated rings. The molecule has 4 heteroatoms. The second-order valence-electron chi connectivity index (χ2n) is 5.22. The standard InChI is InChI=1S/C13H18O4/c1-7-5-8(11(15)12(16)17)6-9(10(7)14)13(2,3)4/h5-6,11,14-15H,1-4H3,(H,16,17). The van der Waals surface area contributed by atoms with E-state index in [4.69, 9.17) is 5.11 Å². The number of aryl methyl sites for hydroxylation is 1. The maximum Gasteiger partial charge on any atom is 0.337 e. The zero-order chi connectivity index (χ0) is 13.4. The van der Waals surface area contributed by atoms with Crippen molar-refractivity contribution in [3.05, 3.63) is 28.8 Å². The fraction of sp³-hybridized carbons (Fsp3) is 0.462. The molecule has 0 aromatic heterocycles. The third-order valence-electron chi connectivity index (χ3n) is 2.68. The van der Waals surface area contributed by atoms with Crippen molar-refractivity contribution < 1.29 is 20.1 Å². The molecule has 0 spiro atoms. The predicted molar refractivity (Wildman–Crippen MR) is 64.1 cm³/mol. The number of phenols is 1. The summed E-state index contributed by atoms with van der Waals surface area (Å²) in [5, 5.41) is 28.2. The first-order chi connectivity index (χ1) is 7.64. The number of rotatable bonds is 2. The molecule has 94 valence electrons. The predicted octanol–water partition coefficient (Wildman–Crippen LogP) is 2.12. The molecule has 0 aliphatic carbocycles. The molecule has 1 aromatic carbocycles. The van der Waals surface area contributed by atoms with Crippen LogP contribution < -0.4 is 0 Å². The highest BCUT2D eigenvalue weighted by molar-refractivity contribution is 5.74. The van der Waals surface area contributed by atoms with Gasteiger partial charge in [-0.1, -0.05) is 20.8 Å². The summed E-state index contributed by atoms with van der Waals surface area (Å²) in [5.74, 6) is -1.14. The average Bonchev–Trinajstić information content (AvgIpc) is 2.18. The molecule has 0 amide bonds. The van der Waals surface area contributed by atoms with E-state index in [1.807, 2.05) is 20.8 Å². The van der Waals surface area contributed by atoms with Crippen LogP contribution in [0.1, 0.15) is 43.6 Å². The number of benzene rings is 1. The van der Waals surface area contributed by atoms with Crippen LogP contribution in [0, 0.1) is 6.92 Å². The Morgan fingerprint density at radius 1 is 1.29 bits per heavy atom. The third kappa shape index (κ3) is 2.77. The van der Waals surface area contributed by atoms with Crippen LogP contribution in [-0.2, 0) is 10.2 Å². The highest BCUT2D eigenvalue weighted by Gasteiger charge is 2.24. The highest BCUT2D eigenvalue weighted by atomic mass is 16.4. The number of phenolic OH excluding ortho intramolecular Hbond substituents is 1. The van der Waals surface area contributed by atoms with Crippen LogP contribution >= 0.6 is 0 Å². The van der Waals surface area contributed by atoms with Crippen molar-refractivity contribution in [2.45, 2.75) is 39.2 Å². The van der Waals surface area contributed by atoms with Gasteiger partial charge in [-0.05, 0) is 41.2 Å². The average molecular weight is 238 g/mol. The molecular weight excluding hydrogens is 220 g/mol. The first kappa shape index (κ1) is 13.5. The normalized spacial score (nSPS) is 13.5. The van der Waals surface area contributed by atoms with Crippen LogP contribution in [0.5, 0.6) is 5.75 Å². The number of carboxylic acids is 1. The summed E-state index contributed by atoms with van der Waals surface area (Å²) in [5.41, 5.74) is 1.17. The van der Waals surface area contributed by atoms with E-state index in [0.29, 0.717) is 11.1 Å². The lowest BCUT2D eigenvalue weighted by atomic mass is 9.83. The lowest BCUT2D eigenvalue weighted by Crippen LogP contribution is -2.15. The molecule has 0 saturated heterocycles. The Morgan fingerprint density at radius 2 is 1.82 bits per heavy atom. The van der Waals surface area contributed by atoms with Gasteiger partial charge in [0.25, 0.3) is 0 Å². The van der Waals surface area contributed by atoms with Crippen LogP contribution in [0.3, 0.4) is 0 Å². The summed E-state index contributed by atoms with van der Waals surface area (Å²) in [6, 6.07) is 3.03. The molecule has 3 N–H and O–H groups in total. The molecule has 1 atom stereocenters. The highest BCUT2D eigenvalue weighted by Crippen LogP contribution is 2.35. The number of hydrogen-bond donors (Lipinski definition) is 3. The summed E-state index contributed by atoms with van der Waals surface area (Å²) in [4.78, 5) is 10.7. The molecule has 1 unspecified atom stereocenters. The number of aliphatic hydroxyl groups excluding tert-OH is 1. The van der Waals surface area contributed by atoms with Gasteiger partial charge in [0.2, 0.25) is 0 Å². The fourth-order valence-electron chi connectivity index (χ4n) is 1.68. The molecule has 0 aliphatic heterocycles. The van der Waals surface area contributed by atoms with Crippen LogP contribution in [0.4, 0.5) is 0 Å². The van der Waals surface area contributed by atoms with Gasteiger partial charge in [0.05, 0.1) is 0 Å². The molecule has 0 saturated carbocycles. The van der Waals surface area contributed by atoms with Gasteiger partial charge < -0.3 is 15.3 Å². The Hall–Kier alpha value is -1.55. The van der Waals surface area contributed by atoms with E-state index in [0.717, 1.165) is 0 Å². The molecule has 1 aromatic rings. The monoisotopic (exact) mass is 238 g/mol. The minimum absolute atomic E-state index is 0.152. The zero-order valence-electron chi connectivity index (χ0n) is 10.5. The lowest BCUT2D eigenvalue weighted by molar-refractivity contribution is -0.146. The molecule has 1 rings (SSSR count). The van der Waals surface area contributed by atoms with Gasteiger partial charge in [-0.25, -0.2) is 4.79 Å². The molecule has 0 bridgehead atoms. The summed E-state index contributed by atoms with van der Waals surface area (Å²) >= 11 is 0. The fourth-order valence-corrected chi connectivity index (χ4v) is 1.68. The van der Waals surface area contributed by atoms with Gasteiger partial charge in [0, 0.05) is 0 Å². The third-order valence-corrected chi connectivity index (χ3v) is 2.68. The van der Waals surface area contributed by atoms with Crippen molar-refractivity contribution >= 4 is 5.97 Å². The number of hydrogen-bond acceptors (Lipinski definition) is 3. The lowest BCUT2D eigenvalue weighted by Gasteiger charge is -2.23. The van der Waals surface area contributed by atoms with Crippen LogP contribution in [0.25, 0.3) is 0 Å². The molecule has 17 heavy (non-hydrogen) atoms. The van der Waals surface area contributed by atoms with Crippen molar-refractivity contribution in [2.75, 3.05) is 0 Å². The van der Waals surface area contributed by atoms with Gasteiger partial charge >= 0.3 is 5.97 Å². The molecule has 0 aliphatic rings. The quantitative estimate of drug-likeness (QED) is 0.737. The van der Waals surface area contributed by atoms with Gasteiger partial charge in [-0.2, -0.15) is 0 Å². The smallest absolute Gasteiger partial charge is 0.337 e.